The van der Waals surface area contributed by atoms with Gasteiger partial charge >= 0.3 is 0 Å². The third kappa shape index (κ3) is 2.00. The second-order valence-corrected chi connectivity index (χ2v) is 5.44. The number of hydrogen-bond donors (Lipinski definition) is 2. The molecule has 1 aromatic carbocycles. The first-order chi connectivity index (χ1) is 9.74. The number of rotatable bonds is 3. The third-order valence-corrected chi connectivity index (χ3v) is 4.21. The first kappa shape index (κ1) is 13.2. The van der Waals surface area contributed by atoms with Gasteiger partial charge in [-0.15, -0.1) is 0 Å². The highest BCUT2D eigenvalue weighted by Gasteiger charge is 2.21. The van der Waals surface area contributed by atoms with Crippen LogP contribution in [-0.2, 0) is 19.9 Å². The molecule has 3 N–H and O–H groups in total. The lowest BCUT2D eigenvalue weighted by atomic mass is 9.95. The molecule has 1 aliphatic carbocycles. The Bertz CT molecular complexity index is 657. The molecule has 106 valence electrons. The van der Waals surface area contributed by atoms with E-state index in [0.29, 0.717) is 13.1 Å². The van der Waals surface area contributed by atoms with Gasteiger partial charge < -0.3 is 15.6 Å². The first-order valence-electron chi connectivity index (χ1n) is 7.31. The van der Waals surface area contributed by atoms with Crippen molar-refractivity contribution in [2.45, 2.75) is 25.7 Å². The number of nitrogens with zero attached hydrogens (tertiary/aromatic N) is 1. The van der Waals surface area contributed by atoms with Gasteiger partial charge in [0.2, 0.25) is 0 Å². The van der Waals surface area contributed by atoms with Crippen molar-refractivity contribution in [2.75, 3.05) is 13.1 Å². The zero-order chi connectivity index (χ0) is 14.1. The standard InChI is InChI=1S/C16H21N3O/c1-19-14-8-3-2-5-11(14)12-6-4-7-13(15(12)19)16(20)18-10-9-17/h4,6-7H,2-3,5,8-10,17H2,1H3,(H,18,20). The molecule has 0 spiro atoms. The van der Waals surface area contributed by atoms with E-state index in [1.54, 1.807) is 0 Å². The minimum atomic E-state index is -0.0287. The smallest absolute Gasteiger partial charge is 0.253 e. The summed E-state index contributed by atoms with van der Waals surface area (Å²) in [5.74, 6) is -0.0287. The zero-order valence-corrected chi connectivity index (χ0v) is 11.9. The number of aryl methyl sites for hydroxylation is 2. The average molecular weight is 271 g/mol. The van der Waals surface area contributed by atoms with E-state index in [4.69, 9.17) is 5.73 Å². The van der Waals surface area contributed by atoms with Crippen molar-refractivity contribution in [3.05, 3.63) is 35.0 Å². The van der Waals surface area contributed by atoms with Crippen molar-refractivity contribution >= 4 is 16.8 Å². The molecule has 0 radical (unpaired) electrons. The lowest BCUT2D eigenvalue weighted by Gasteiger charge is -2.13. The molecule has 1 aromatic heterocycles. The van der Waals surface area contributed by atoms with E-state index in [9.17, 15) is 4.79 Å². The Morgan fingerprint density at radius 2 is 2.15 bits per heavy atom. The topological polar surface area (TPSA) is 60.0 Å². The maximum absolute atomic E-state index is 12.3. The fraction of sp³-hybridized carbons (Fsp3) is 0.438. The van der Waals surface area contributed by atoms with Gasteiger partial charge in [0, 0.05) is 31.2 Å². The van der Waals surface area contributed by atoms with Crippen LogP contribution in [0.1, 0.15) is 34.5 Å². The van der Waals surface area contributed by atoms with Gasteiger partial charge in [-0.3, -0.25) is 4.79 Å². The van der Waals surface area contributed by atoms with Gasteiger partial charge in [0.05, 0.1) is 11.1 Å². The highest BCUT2D eigenvalue weighted by molar-refractivity contribution is 6.07. The monoisotopic (exact) mass is 271 g/mol. The number of fused-ring (bicyclic) bond motifs is 3. The predicted octanol–water partition coefficient (Wildman–Crippen LogP) is 1.75. The Morgan fingerprint density at radius 3 is 2.95 bits per heavy atom. The second kappa shape index (κ2) is 5.29. The average Bonchev–Trinajstić information content (AvgIpc) is 2.79. The summed E-state index contributed by atoms with van der Waals surface area (Å²) in [7, 11) is 2.08. The SMILES string of the molecule is Cn1c2c(c3cccc(C(=O)NCCN)c31)CCCC2. The molecular weight excluding hydrogens is 250 g/mol. The van der Waals surface area contributed by atoms with Crippen molar-refractivity contribution in [1.82, 2.24) is 9.88 Å². The van der Waals surface area contributed by atoms with Gasteiger partial charge in [-0.2, -0.15) is 0 Å². The molecule has 0 atom stereocenters. The minimum Gasteiger partial charge on any atom is -0.351 e. The molecule has 4 nitrogen and oxygen atoms in total. The summed E-state index contributed by atoms with van der Waals surface area (Å²) >= 11 is 0. The first-order valence-corrected chi connectivity index (χ1v) is 7.31. The van der Waals surface area contributed by atoms with Crippen molar-refractivity contribution in [3.63, 3.8) is 0 Å². The number of hydrogen-bond acceptors (Lipinski definition) is 2. The number of carbonyl (C=O) groups excluding carboxylic acids is 1. The summed E-state index contributed by atoms with van der Waals surface area (Å²) in [5.41, 5.74) is 10.1. The minimum absolute atomic E-state index is 0.0287. The maximum Gasteiger partial charge on any atom is 0.253 e. The van der Waals surface area contributed by atoms with Crippen LogP contribution >= 0.6 is 0 Å². The van der Waals surface area contributed by atoms with Crippen molar-refractivity contribution in [3.8, 4) is 0 Å². The molecule has 2 aromatic rings. The van der Waals surface area contributed by atoms with Crippen molar-refractivity contribution in [2.24, 2.45) is 12.8 Å². The number of carbonyl (C=O) groups is 1. The number of nitrogens with two attached hydrogens (primary N) is 1. The van der Waals surface area contributed by atoms with Crippen LogP contribution in [0.4, 0.5) is 0 Å². The Morgan fingerprint density at radius 1 is 1.35 bits per heavy atom. The number of nitrogens with one attached hydrogen (secondary N) is 1. The van der Waals surface area contributed by atoms with E-state index in [1.807, 2.05) is 12.1 Å². The van der Waals surface area contributed by atoms with E-state index in [-0.39, 0.29) is 5.91 Å². The Labute approximate surface area is 118 Å². The summed E-state index contributed by atoms with van der Waals surface area (Å²) in [6, 6.07) is 6.02. The van der Waals surface area contributed by atoms with E-state index in [0.717, 1.165) is 23.9 Å². The molecule has 0 fully saturated rings. The lowest BCUT2D eigenvalue weighted by molar-refractivity contribution is 0.0956. The quantitative estimate of drug-likeness (QED) is 0.893. The maximum atomic E-state index is 12.3. The fourth-order valence-electron chi connectivity index (χ4n) is 3.30. The normalized spacial score (nSPS) is 14.3. The van der Waals surface area contributed by atoms with Crippen LogP contribution in [0.2, 0.25) is 0 Å². The van der Waals surface area contributed by atoms with E-state index < -0.39 is 0 Å². The van der Waals surface area contributed by atoms with Gasteiger partial charge in [-0.05, 0) is 37.3 Å². The summed E-state index contributed by atoms with van der Waals surface area (Å²) in [6.45, 7) is 0.977. The molecular formula is C16H21N3O. The van der Waals surface area contributed by atoms with Crippen LogP contribution in [0.5, 0.6) is 0 Å². The molecule has 1 aliphatic rings. The van der Waals surface area contributed by atoms with Gasteiger partial charge in [0.25, 0.3) is 5.91 Å². The highest BCUT2D eigenvalue weighted by Crippen LogP contribution is 2.33. The van der Waals surface area contributed by atoms with Crippen molar-refractivity contribution in [1.29, 1.82) is 0 Å². The van der Waals surface area contributed by atoms with Gasteiger partial charge in [0.15, 0.2) is 0 Å². The molecule has 0 aliphatic heterocycles. The fourth-order valence-corrected chi connectivity index (χ4v) is 3.30. The molecule has 3 rings (SSSR count). The Kier molecular flexibility index (Phi) is 3.49. The summed E-state index contributed by atoms with van der Waals surface area (Å²) < 4.78 is 2.21. The van der Waals surface area contributed by atoms with Gasteiger partial charge in [-0.25, -0.2) is 0 Å². The highest BCUT2D eigenvalue weighted by atomic mass is 16.1. The van der Waals surface area contributed by atoms with Crippen molar-refractivity contribution < 1.29 is 4.79 Å². The number of benzene rings is 1. The Balaban J connectivity index is 2.14. The molecule has 0 bridgehead atoms. The predicted molar refractivity (Wildman–Crippen MR) is 80.9 cm³/mol. The molecule has 1 amide bonds. The molecule has 4 heteroatoms. The number of para-hydroxylation sites is 1. The van der Waals surface area contributed by atoms with Gasteiger partial charge in [0.1, 0.15) is 0 Å². The Hall–Kier alpha value is -1.81. The molecule has 0 saturated carbocycles. The second-order valence-electron chi connectivity index (χ2n) is 5.44. The summed E-state index contributed by atoms with van der Waals surface area (Å²) in [6.07, 6.45) is 4.73. The van der Waals surface area contributed by atoms with E-state index >= 15 is 0 Å². The number of aromatic nitrogens is 1. The third-order valence-electron chi connectivity index (χ3n) is 4.21. The van der Waals surface area contributed by atoms with Crippen LogP contribution in [0.15, 0.2) is 18.2 Å². The van der Waals surface area contributed by atoms with Crippen LogP contribution in [0.25, 0.3) is 10.9 Å². The molecule has 0 unspecified atom stereocenters. The van der Waals surface area contributed by atoms with Crippen LogP contribution < -0.4 is 11.1 Å². The molecule has 20 heavy (non-hydrogen) atoms. The molecule has 0 saturated heterocycles. The van der Waals surface area contributed by atoms with Crippen LogP contribution in [-0.4, -0.2) is 23.6 Å². The molecule has 1 heterocycles. The van der Waals surface area contributed by atoms with Crippen LogP contribution in [0, 0.1) is 0 Å². The van der Waals surface area contributed by atoms with E-state index in [1.165, 1.54) is 29.5 Å². The summed E-state index contributed by atoms with van der Waals surface area (Å²) in [4.78, 5) is 12.3. The summed E-state index contributed by atoms with van der Waals surface area (Å²) in [5, 5.41) is 4.11. The largest absolute Gasteiger partial charge is 0.351 e. The van der Waals surface area contributed by atoms with Crippen LogP contribution in [0.3, 0.4) is 0 Å². The number of amides is 1. The lowest BCUT2D eigenvalue weighted by Crippen LogP contribution is -2.29. The van der Waals surface area contributed by atoms with E-state index in [2.05, 4.69) is 23.0 Å². The van der Waals surface area contributed by atoms with Gasteiger partial charge in [-0.1, -0.05) is 12.1 Å². The zero-order valence-electron chi connectivity index (χ0n) is 11.9.